The minimum Gasteiger partial charge on any atom is -0.492 e. The van der Waals surface area contributed by atoms with Crippen molar-refractivity contribution in [3.05, 3.63) is 64.8 Å². The second-order valence-electron chi connectivity index (χ2n) is 8.39. The molecule has 186 valence electrons. The Morgan fingerprint density at radius 1 is 1.17 bits per heavy atom. The van der Waals surface area contributed by atoms with Gasteiger partial charge in [0.15, 0.2) is 9.84 Å². The Morgan fingerprint density at radius 3 is 2.51 bits per heavy atom. The van der Waals surface area contributed by atoms with Crippen LogP contribution in [0.5, 0.6) is 5.75 Å². The van der Waals surface area contributed by atoms with Crippen molar-refractivity contribution in [3.63, 3.8) is 0 Å². The Bertz CT molecular complexity index is 1270. The molecule has 2 heterocycles. The number of carbonyl (C=O) groups excluding carboxylic acids is 1. The van der Waals surface area contributed by atoms with Crippen molar-refractivity contribution in [1.82, 2.24) is 14.7 Å². The molecule has 9 nitrogen and oxygen atoms in total. The van der Waals surface area contributed by atoms with E-state index in [2.05, 4.69) is 15.3 Å². The van der Waals surface area contributed by atoms with E-state index in [1.54, 1.807) is 48.3 Å². The fourth-order valence-electron chi connectivity index (χ4n) is 3.93. The molecule has 1 saturated heterocycles. The highest BCUT2D eigenvalue weighted by Crippen LogP contribution is 2.36. The smallest absolute Gasteiger partial charge is 0.255 e. The van der Waals surface area contributed by atoms with Crippen LogP contribution in [0.1, 0.15) is 15.9 Å². The topological polar surface area (TPSA) is 120 Å². The zero-order valence-corrected chi connectivity index (χ0v) is 21.0. The number of sulfone groups is 1. The number of anilines is 1. The maximum atomic E-state index is 12.9. The number of carbonyl (C=O) groups is 1. The van der Waals surface area contributed by atoms with E-state index in [4.69, 9.17) is 22.1 Å². The van der Waals surface area contributed by atoms with E-state index in [0.717, 1.165) is 5.56 Å². The standard InChI is InChI=1S/C24H28ClN5O4S/c1-29-23(21(25)15-27-29)20-14-19(6-7-22(20)34-11-8-26)28-24(31)18-4-2-17(3-5-18)16-30-9-12-35(32,33)13-10-30/h2-7,14-15H,8-13,16,26H2,1H3,(H,28,31). The predicted octanol–water partition coefficient (Wildman–Crippen LogP) is 2.56. The number of hydrogen-bond acceptors (Lipinski definition) is 7. The summed E-state index contributed by atoms with van der Waals surface area (Å²) in [6, 6.07) is 12.6. The second kappa shape index (κ2) is 10.8. The number of aryl methyl sites for hydroxylation is 1. The number of ether oxygens (including phenoxy) is 1. The summed E-state index contributed by atoms with van der Waals surface area (Å²) in [5.74, 6) is 0.720. The van der Waals surface area contributed by atoms with Gasteiger partial charge in [-0.05, 0) is 35.9 Å². The minimum atomic E-state index is -2.91. The molecule has 0 bridgehead atoms. The lowest BCUT2D eigenvalue weighted by Gasteiger charge is -2.26. The van der Waals surface area contributed by atoms with Gasteiger partial charge in [0, 0.05) is 50.0 Å². The molecule has 3 N–H and O–H groups in total. The van der Waals surface area contributed by atoms with Gasteiger partial charge in [-0.2, -0.15) is 5.10 Å². The summed E-state index contributed by atoms with van der Waals surface area (Å²) >= 11 is 6.35. The lowest BCUT2D eigenvalue weighted by atomic mass is 10.1. The number of hydrogen-bond donors (Lipinski definition) is 2. The van der Waals surface area contributed by atoms with Gasteiger partial charge in [-0.3, -0.25) is 14.4 Å². The van der Waals surface area contributed by atoms with Gasteiger partial charge in [0.1, 0.15) is 12.4 Å². The van der Waals surface area contributed by atoms with Gasteiger partial charge in [-0.25, -0.2) is 8.42 Å². The van der Waals surface area contributed by atoms with E-state index in [-0.39, 0.29) is 17.4 Å². The average molecular weight is 518 g/mol. The zero-order valence-electron chi connectivity index (χ0n) is 19.4. The molecule has 11 heteroatoms. The molecule has 4 rings (SSSR count). The second-order valence-corrected chi connectivity index (χ2v) is 11.1. The number of amides is 1. The highest BCUT2D eigenvalue weighted by atomic mass is 35.5. The maximum absolute atomic E-state index is 12.9. The maximum Gasteiger partial charge on any atom is 0.255 e. The molecule has 35 heavy (non-hydrogen) atoms. The Kier molecular flexibility index (Phi) is 7.75. The molecule has 0 radical (unpaired) electrons. The van der Waals surface area contributed by atoms with Gasteiger partial charge in [-0.15, -0.1) is 0 Å². The van der Waals surface area contributed by atoms with E-state index >= 15 is 0 Å². The first-order chi connectivity index (χ1) is 16.8. The Morgan fingerprint density at radius 2 is 1.89 bits per heavy atom. The lowest BCUT2D eigenvalue weighted by Crippen LogP contribution is -2.39. The average Bonchev–Trinajstić information content (AvgIpc) is 3.17. The third-order valence-corrected chi connectivity index (χ3v) is 7.71. The molecule has 0 atom stereocenters. The third kappa shape index (κ3) is 6.21. The van der Waals surface area contributed by atoms with Gasteiger partial charge in [-0.1, -0.05) is 23.7 Å². The molecular weight excluding hydrogens is 490 g/mol. The van der Waals surface area contributed by atoms with Crippen LogP contribution in [0, 0.1) is 0 Å². The summed E-state index contributed by atoms with van der Waals surface area (Å²) < 4.78 is 30.6. The van der Waals surface area contributed by atoms with Crippen molar-refractivity contribution >= 4 is 33.0 Å². The largest absolute Gasteiger partial charge is 0.492 e. The quantitative estimate of drug-likeness (QED) is 0.471. The van der Waals surface area contributed by atoms with Crippen LogP contribution >= 0.6 is 11.6 Å². The van der Waals surface area contributed by atoms with Crippen LogP contribution in [0.15, 0.2) is 48.7 Å². The van der Waals surface area contributed by atoms with E-state index in [9.17, 15) is 13.2 Å². The van der Waals surface area contributed by atoms with Crippen LogP contribution in [0.25, 0.3) is 11.3 Å². The number of nitrogens with zero attached hydrogens (tertiary/aromatic N) is 3. The molecule has 1 amide bonds. The van der Waals surface area contributed by atoms with E-state index in [1.165, 1.54) is 0 Å². The normalized spacial score (nSPS) is 15.6. The first-order valence-electron chi connectivity index (χ1n) is 11.2. The van der Waals surface area contributed by atoms with Crippen molar-refractivity contribution in [1.29, 1.82) is 0 Å². The Hall–Kier alpha value is -2.92. The van der Waals surface area contributed by atoms with Gasteiger partial charge in [0.05, 0.1) is 28.4 Å². The summed E-state index contributed by atoms with van der Waals surface area (Å²) in [7, 11) is -1.12. The van der Waals surface area contributed by atoms with Gasteiger partial charge in [0.2, 0.25) is 0 Å². The molecular formula is C24H28ClN5O4S. The Labute approximate surface area is 209 Å². The number of nitrogens with one attached hydrogen (secondary N) is 1. The van der Waals surface area contributed by atoms with Crippen LogP contribution < -0.4 is 15.8 Å². The van der Waals surface area contributed by atoms with Crippen molar-refractivity contribution in [2.45, 2.75) is 6.54 Å². The Balaban J connectivity index is 1.47. The van der Waals surface area contributed by atoms with Gasteiger partial charge in [0.25, 0.3) is 5.91 Å². The molecule has 1 fully saturated rings. The van der Waals surface area contributed by atoms with Crippen LogP contribution in [-0.4, -0.2) is 66.8 Å². The number of nitrogens with two attached hydrogens (primary N) is 1. The molecule has 0 spiro atoms. The van der Waals surface area contributed by atoms with Crippen molar-refractivity contribution in [2.75, 3.05) is 43.1 Å². The molecule has 2 aromatic carbocycles. The first kappa shape index (κ1) is 25.2. The van der Waals surface area contributed by atoms with Crippen molar-refractivity contribution in [2.24, 2.45) is 12.8 Å². The lowest BCUT2D eigenvalue weighted by molar-refractivity contribution is 0.102. The molecule has 3 aromatic rings. The van der Waals surface area contributed by atoms with Crippen LogP contribution in [0.3, 0.4) is 0 Å². The fourth-order valence-corrected chi connectivity index (χ4v) is 5.48. The fraction of sp³-hybridized carbons (Fsp3) is 0.333. The highest BCUT2D eigenvalue weighted by Gasteiger charge is 2.21. The van der Waals surface area contributed by atoms with E-state index < -0.39 is 9.84 Å². The van der Waals surface area contributed by atoms with Crippen LogP contribution in [-0.2, 0) is 23.4 Å². The summed E-state index contributed by atoms with van der Waals surface area (Å²) in [5.41, 5.74) is 9.07. The SMILES string of the molecule is Cn1ncc(Cl)c1-c1cc(NC(=O)c2ccc(CN3CCS(=O)(=O)CC3)cc2)ccc1OCCN. The highest BCUT2D eigenvalue weighted by molar-refractivity contribution is 7.91. The molecule has 1 aliphatic heterocycles. The number of aromatic nitrogens is 2. The monoisotopic (exact) mass is 517 g/mol. The molecule has 0 saturated carbocycles. The molecule has 1 aliphatic rings. The summed E-state index contributed by atoms with van der Waals surface area (Å²) in [5, 5.41) is 7.58. The number of rotatable bonds is 8. The minimum absolute atomic E-state index is 0.190. The number of halogens is 1. The van der Waals surface area contributed by atoms with E-state index in [0.29, 0.717) is 66.1 Å². The van der Waals surface area contributed by atoms with Crippen molar-refractivity contribution in [3.8, 4) is 17.0 Å². The predicted molar refractivity (Wildman–Crippen MR) is 137 cm³/mol. The summed E-state index contributed by atoms with van der Waals surface area (Å²) in [6.45, 7) is 2.41. The molecule has 1 aromatic heterocycles. The van der Waals surface area contributed by atoms with Crippen LogP contribution in [0.4, 0.5) is 5.69 Å². The van der Waals surface area contributed by atoms with Gasteiger partial charge < -0.3 is 15.8 Å². The third-order valence-electron chi connectivity index (χ3n) is 5.82. The van der Waals surface area contributed by atoms with E-state index in [1.807, 2.05) is 12.1 Å². The van der Waals surface area contributed by atoms with Crippen molar-refractivity contribution < 1.29 is 17.9 Å². The van der Waals surface area contributed by atoms with Gasteiger partial charge >= 0.3 is 0 Å². The van der Waals surface area contributed by atoms with Crippen LogP contribution in [0.2, 0.25) is 5.02 Å². The summed E-state index contributed by atoms with van der Waals surface area (Å²) in [6.07, 6.45) is 1.55. The first-order valence-corrected chi connectivity index (χ1v) is 13.4. The molecule has 0 aliphatic carbocycles. The molecule has 0 unspecified atom stereocenters. The summed E-state index contributed by atoms with van der Waals surface area (Å²) in [4.78, 5) is 15.0. The zero-order chi connectivity index (χ0) is 25.0. The number of benzene rings is 2.